The number of rotatable bonds is 2. The molecule has 0 aromatic carbocycles. The van der Waals surface area contributed by atoms with Crippen LogP contribution in [0.3, 0.4) is 0 Å². The summed E-state index contributed by atoms with van der Waals surface area (Å²) in [5.74, 6) is 0.973. The Morgan fingerprint density at radius 2 is 2.06 bits per heavy atom. The van der Waals surface area contributed by atoms with Gasteiger partial charge in [0.15, 0.2) is 0 Å². The minimum atomic E-state index is -0.313. The maximum Gasteiger partial charge on any atom is 0.243 e. The largest absolute Gasteiger partial charge is 0.325 e. The third kappa shape index (κ3) is 2.35. The summed E-state index contributed by atoms with van der Waals surface area (Å²) in [5.41, 5.74) is -0.313. The molecule has 1 amide bonds. The quantitative estimate of drug-likeness (QED) is 0.750. The number of carbonyl (C=O) groups is 1. The lowest BCUT2D eigenvalue weighted by Crippen LogP contribution is -2.46. The van der Waals surface area contributed by atoms with E-state index in [1.54, 1.807) is 0 Å². The first-order valence-corrected chi connectivity index (χ1v) is 7.14. The molecule has 1 aliphatic carbocycles. The molecule has 0 aromatic rings. The van der Waals surface area contributed by atoms with Crippen molar-refractivity contribution in [1.29, 1.82) is 0 Å². The van der Waals surface area contributed by atoms with Crippen molar-refractivity contribution in [2.75, 3.05) is 6.67 Å². The van der Waals surface area contributed by atoms with Crippen molar-refractivity contribution in [2.45, 2.75) is 70.9 Å². The Balaban J connectivity index is 2.09. The summed E-state index contributed by atoms with van der Waals surface area (Å²) < 4.78 is 0. The zero-order valence-electron chi connectivity index (χ0n) is 11.5. The number of nitrogens with zero attached hydrogens (tertiary/aromatic N) is 1. The molecule has 0 bridgehead atoms. The predicted octanol–water partition coefficient (Wildman–Crippen LogP) is 2.51. The van der Waals surface area contributed by atoms with Gasteiger partial charge in [0.2, 0.25) is 5.91 Å². The molecule has 0 radical (unpaired) electrons. The second kappa shape index (κ2) is 4.97. The van der Waals surface area contributed by atoms with Crippen molar-refractivity contribution in [3.63, 3.8) is 0 Å². The van der Waals surface area contributed by atoms with Crippen LogP contribution in [-0.2, 0) is 4.79 Å². The fraction of sp³-hybridized carbons (Fsp3) is 0.929. The number of amides is 1. The van der Waals surface area contributed by atoms with Gasteiger partial charge in [0.05, 0.1) is 12.2 Å². The summed E-state index contributed by atoms with van der Waals surface area (Å²) in [6, 6.07) is 0.464. The lowest BCUT2D eigenvalue weighted by atomic mass is 9.93. The SMILES string of the molecule is CCC1(C)NCN(C2CCCCCC2C)C1=O. The predicted molar refractivity (Wildman–Crippen MR) is 69.6 cm³/mol. The number of carbonyl (C=O) groups excluding carboxylic acids is 1. The van der Waals surface area contributed by atoms with Gasteiger partial charge in [0.25, 0.3) is 0 Å². The van der Waals surface area contributed by atoms with Gasteiger partial charge in [-0.25, -0.2) is 0 Å². The lowest BCUT2D eigenvalue weighted by Gasteiger charge is -2.32. The van der Waals surface area contributed by atoms with E-state index in [1.807, 2.05) is 6.92 Å². The van der Waals surface area contributed by atoms with Crippen LogP contribution in [0.25, 0.3) is 0 Å². The van der Waals surface area contributed by atoms with E-state index in [4.69, 9.17) is 0 Å². The van der Waals surface area contributed by atoms with Gasteiger partial charge in [-0.3, -0.25) is 10.1 Å². The molecule has 3 nitrogen and oxygen atoms in total. The van der Waals surface area contributed by atoms with Gasteiger partial charge < -0.3 is 4.90 Å². The van der Waals surface area contributed by atoms with Crippen LogP contribution in [0.15, 0.2) is 0 Å². The molecule has 0 spiro atoms. The summed E-state index contributed by atoms with van der Waals surface area (Å²) in [7, 11) is 0. The molecule has 1 heterocycles. The first-order chi connectivity index (χ1) is 8.08. The molecule has 0 aromatic heterocycles. The number of nitrogens with one attached hydrogen (secondary N) is 1. The van der Waals surface area contributed by atoms with Crippen molar-refractivity contribution in [2.24, 2.45) is 5.92 Å². The highest BCUT2D eigenvalue weighted by Crippen LogP contribution is 2.31. The molecule has 98 valence electrons. The maximum absolute atomic E-state index is 12.5. The number of hydrogen-bond acceptors (Lipinski definition) is 2. The van der Waals surface area contributed by atoms with Crippen molar-refractivity contribution in [3.8, 4) is 0 Å². The van der Waals surface area contributed by atoms with Crippen LogP contribution >= 0.6 is 0 Å². The Hall–Kier alpha value is -0.570. The van der Waals surface area contributed by atoms with Crippen molar-refractivity contribution >= 4 is 5.91 Å². The Morgan fingerprint density at radius 1 is 1.35 bits per heavy atom. The summed E-state index contributed by atoms with van der Waals surface area (Å²) in [6.45, 7) is 7.19. The zero-order chi connectivity index (χ0) is 12.5. The molecule has 1 N–H and O–H groups in total. The van der Waals surface area contributed by atoms with Crippen molar-refractivity contribution < 1.29 is 4.79 Å². The van der Waals surface area contributed by atoms with Gasteiger partial charge in [-0.1, -0.05) is 33.1 Å². The zero-order valence-corrected chi connectivity index (χ0v) is 11.5. The Bertz CT molecular complexity index is 292. The fourth-order valence-corrected chi connectivity index (χ4v) is 3.20. The monoisotopic (exact) mass is 238 g/mol. The highest BCUT2D eigenvalue weighted by molar-refractivity contribution is 5.88. The van der Waals surface area contributed by atoms with E-state index in [0.29, 0.717) is 17.9 Å². The summed E-state index contributed by atoms with van der Waals surface area (Å²) in [5, 5.41) is 3.40. The van der Waals surface area contributed by atoms with Crippen LogP contribution in [0.4, 0.5) is 0 Å². The van der Waals surface area contributed by atoms with E-state index in [2.05, 4.69) is 24.1 Å². The van der Waals surface area contributed by atoms with E-state index < -0.39 is 0 Å². The third-order valence-corrected chi connectivity index (χ3v) is 4.80. The molecule has 2 fully saturated rings. The fourth-order valence-electron chi connectivity index (χ4n) is 3.20. The van der Waals surface area contributed by atoms with Crippen LogP contribution in [0.1, 0.15) is 59.3 Å². The average Bonchev–Trinajstić information content (AvgIpc) is 2.51. The topological polar surface area (TPSA) is 32.3 Å². The molecule has 1 saturated heterocycles. The summed E-state index contributed by atoms with van der Waals surface area (Å²) in [6.07, 6.45) is 7.29. The Labute approximate surface area is 105 Å². The van der Waals surface area contributed by atoms with Gasteiger partial charge >= 0.3 is 0 Å². The molecule has 2 rings (SSSR count). The molecule has 2 aliphatic rings. The van der Waals surface area contributed by atoms with Crippen LogP contribution in [-0.4, -0.2) is 29.1 Å². The van der Waals surface area contributed by atoms with E-state index in [1.165, 1.54) is 32.1 Å². The van der Waals surface area contributed by atoms with Gasteiger partial charge in [-0.15, -0.1) is 0 Å². The first-order valence-electron chi connectivity index (χ1n) is 7.14. The highest BCUT2D eigenvalue weighted by Gasteiger charge is 2.44. The first kappa shape index (κ1) is 12.9. The van der Waals surface area contributed by atoms with Crippen LogP contribution in [0.2, 0.25) is 0 Å². The van der Waals surface area contributed by atoms with Crippen molar-refractivity contribution in [3.05, 3.63) is 0 Å². The molecule has 3 unspecified atom stereocenters. The van der Waals surface area contributed by atoms with Gasteiger partial charge in [-0.2, -0.15) is 0 Å². The van der Waals surface area contributed by atoms with Gasteiger partial charge in [0, 0.05) is 6.04 Å². The molecular weight excluding hydrogens is 212 g/mol. The van der Waals surface area contributed by atoms with E-state index in [-0.39, 0.29) is 5.54 Å². The second-order valence-corrected chi connectivity index (χ2v) is 5.98. The van der Waals surface area contributed by atoms with Crippen LogP contribution in [0.5, 0.6) is 0 Å². The molecule has 17 heavy (non-hydrogen) atoms. The summed E-state index contributed by atoms with van der Waals surface area (Å²) in [4.78, 5) is 14.6. The molecule has 3 heteroatoms. The molecular formula is C14H26N2O. The highest BCUT2D eigenvalue weighted by atomic mass is 16.2. The normalized spacial score (nSPS) is 39.5. The smallest absolute Gasteiger partial charge is 0.243 e. The van der Waals surface area contributed by atoms with E-state index in [9.17, 15) is 4.79 Å². The average molecular weight is 238 g/mol. The minimum Gasteiger partial charge on any atom is -0.325 e. The summed E-state index contributed by atoms with van der Waals surface area (Å²) >= 11 is 0. The molecule has 3 atom stereocenters. The maximum atomic E-state index is 12.5. The molecule has 1 saturated carbocycles. The van der Waals surface area contributed by atoms with Crippen LogP contribution in [0, 0.1) is 5.92 Å². The van der Waals surface area contributed by atoms with Gasteiger partial charge in [-0.05, 0) is 32.1 Å². The minimum absolute atomic E-state index is 0.313. The lowest BCUT2D eigenvalue weighted by molar-refractivity contribution is -0.135. The van der Waals surface area contributed by atoms with E-state index >= 15 is 0 Å². The Kier molecular flexibility index (Phi) is 3.76. The van der Waals surface area contributed by atoms with Crippen LogP contribution < -0.4 is 5.32 Å². The van der Waals surface area contributed by atoms with Crippen molar-refractivity contribution in [1.82, 2.24) is 10.2 Å². The standard InChI is InChI=1S/C14H26N2O/c1-4-14(3)13(17)16(10-15-14)12-9-7-5-6-8-11(12)2/h11-12,15H,4-10H2,1-3H3. The second-order valence-electron chi connectivity index (χ2n) is 5.98. The third-order valence-electron chi connectivity index (χ3n) is 4.80. The van der Waals surface area contributed by atoms with E-state index in [0.717, 1.165) is 13.1 Å². The number of hydrogen-bond donors (Lipinski definition) is 1. The molecule has 1 aliphatic heterocycles. The Morgan fingerprint density at radius 3 is 2.71 bits per heavy atom. The van der Waals surface area contributed by atoms with Gasteiger partial charge in [0.1, 0.15) is 0 Å².